The number of anilines is 1. The Morgan fingerprint density at radius 2 is 2.10 bits per heavy atom. The first-order valence-corrected chi connectivity index (χ1v) is 9.69. The average molecular weight is 469 g/mol. The maximum atomic E-state index is 12.6. The van der Waals surface area contributed by atoms with Gasteiger partial charge in [-0.1, -0.05) is 11.6 Å². The van der Waals surface area contributed by atoms with Gasteiger partial charge in [-0.05, 0) is 26.0 Å². The molecule has 3 aromatic rings. The first kappa shape index (κ1) is 24.2. The van der Waals surface area contributed by atoms with Crippen molar-refractivity contribution in [1.82, 2.24) is 19.9 Å². The number of aromatic nitrogens is 4. The van der Waals surface area contributed by atoms with Gasteiger partial charge in [0.1, 0.15) is 17.4 Å². The number of carboxylic acid groups (broad SMARTS) is 1. The Bertz CT molecular complexity index is 1120. The van der Waals surface area contributed by atoms with Crippen molar-refractivity contribution in [3.05, 3.63) is 41.1 Å². The molecule has 0 unspecified atom stereocenters. The van der Waals surface area contributed by atoms with Crippen LogP contribution in [0, 0.1) is 0 Å². The lowest BCUT2D eigenvalue weighted by molar-refractivity contribution is -0.676. The molecular weight excluding hydrogens is 447 g/mol. The topological polar surface area (TPSA) is 136 Å². The zero-order valence-electron chi connectivity index (χ0n) is 16.9. The van der Waals surface area contributed by atoms with Crippen LogP contribution in [-0.2, 0) is 24.4 Å². The summed E-state index contributed by atoms with van der Waals surface area (Å²) in [4.78, 5) is 31.1. The average Bonchev–Trinajstić information content (AvgIpc) is 3.03. The van der Waals surface area contributed by atoms with Gasteiger partial charge in [-0.25, -0.2) is 23.9 Å². The largest absolute Gasteiger partial charge is 1.00 e. The van der Waals surface area contributed by atoms with E-state index < -0.39 is 18.5 Å². The van der Waals surface area contributed by atoms with E-state index in [4.69, 9.17) is 27.2 Å². The summed E-state index contributed by atoms with van der Waals surface area (Å²) in [6.45, 7) is 5.08. The number of carbonyl (C=O) groups is 2. The Balaban J connectivity index is 0.00000341. The van der Waals surface area contributed by atoms with Crippen molar-refractivity contribution in [2.75, 3.05) is 12.3 Å². The van der Waals surface area contributed by atoms with Gasteiger partial charge in [-0.2, -0.15) is 0 Å². The van der Waals surface area contributed by atoms with Crippen LogP contribution in [0.15, 0.2) is 24.4 Å². The Morgan fingerprint density at radius 3 is 2.74 bits per heavy atom. The number of halogens is 2. The molecule has 31 heavy (non-hydrogen) atoms. The number of fused-ring (bicyclic) bond motifs is 1. The number of rotatable bonds is 8. The molecule has 0 aliphatic heterocycles. The van der Waals surface area contributed by atoms with Gasteiger partial charge in [0.15, 0.2) is 29.2 Å². The molecule has 166 valence electrons. The van der Waals surface area contributed by atoms with E-state index in [-0.39, 0.29) is 35.6 Å². The molecule has 12 heteroatoms. The molecular formula is C19H22Cl2N6O4. The molecule has 3 rings (SSSR count). The fraction of sp³-hybridized carbons (Fsp3) is 0.316. The van der Waals surface area contributed by atoms with E-state index in [9.17, 15) is 9.59 Å². The first-order chi connectivity index (χ1) is 14.3. The number of nitrogens with two attached hydrogens (primary N) is 1. The molecule has 2 aromatic heterocycles. The Labute approximate surface area is 189 Å². The van der Waals surface area contributed by atoms with Gasteiger partial charge >= 0.3 is 5.97 Å². The summed E-state index contributed by atoms with van der Waals surface area (Å²) in [6.07, 6.45) is 1.28. The van der Waals surface area contributed by atoms with E-state index in [1.807, 2.05) is 24.5 Å². The van der Waals surface area contributed by atoms with Crippen LogP contribution in [0.25, 0.3) is 11.0 Å². The van der Waals surface area contributed by atoms with Crippen LogP contribution in [0.5, 0.6) is 5.75 Å². The highest BCUT2D eigenvalue weighted by molar-refractivity contribution is 6.29. The predicted molar refractivity (Wildman–Crippen MR) is 109 cm³/mol. The number of hydrogen-bond donors (Lipinski definition) is 3. The lowest BCUT2D eigenvalue weighted by atomic mass is 10.3. The second-order valence-electron chi connectivity index (χ2n) is 6.35. The van der Waals surface area contributed by atoms with E-state index in [2.05, 4.69) is 19.9 Å². The van der Waals surface area contributed by atoms with Crippen molar-refractivity contribution in [3.8, 4) is 5.75 Å². The molecule has 0 atom stereocenters. The van der Waals surface area contributed by atoms with E-state index in [1.54, 1.807) is 12.1 Å². The van der Waals surface area contributed by atoms with Crippen molar-refractivity contribution in [2.45, 2.75) is 33.5 Å². The van der Waals surface area contributed by atoms with Crippen molar-refractivity contribution < 1.29 is 36.4 Å². The number of carboxylic acids is 1. The predicted octanol–water partition coefficient (Wildman–Crippen LogP) is -1.61. The maximum absolute atomic E-state index is 12.6. The Morgan fingerprint density at radius 1 is 1.35 bits per heavy atom. The number of nitrogens with one attached hydrogen (secondary N) is 1. The summed E-state index contributed by atoms with van der Waals surface area (Å²) in [5.74, 6) is -0.221. The SMILES string of the molecule is CCn1c(CNC(=O)c2nc(Cl)cnc2N)[n+](CC)c2ccc(OCC(=O)O)cc21.[Cl-]. The molecule has 0 saturated carbocycles. The quantitative estimate of drug-likeness (QED) is 0.338. The number of benzene rings is 1. The molecule has 0 aliphatic rings. The highest BCUT2D eigenvalue weighted by atomic mass is 35.5. The zero-order chi connectivity index (χ0) is 21.8. The molecule has 1 aromatic carbocycles. The van der Waals surface area contributed by atoms with Crippen LogP contribution in [-0.4, -0.2) is 38.1 Å². The molecule has 0 saturated heterocycles. The summed E-state index contributed by atoms with van der Waals surface area (Å²) in [6, 6.07) is 5.38. The highest BCUT2D eigenvalue weighted by Crippen LogP contribution is 2.22. The normalized spacial score (nSPS) is 10.5. The molecule has 4 N–H and O–H groups in total. The third-order valence-corrected chi connectivity index (χ3v) is 4.72. The van der Waals surface area contributed by atoms with Crippen LogP contribution in [0.3, 0.4) is 0 Å². The third kappa shape index (κ3) is 5.15. The second-order valence-corrected chi connectivity index (χ2v) is 6.73. The van der Waals surface area contributed by atoms with Crippen LogP contribution in [0.2, 0.25) is 5.15 Å². The number of ether oxygens (including phenoxy) is 1. The number of nitrogens with zero attached hydrogens (tertiary/aromatic N) is 4. The molecule has 0 spiro atoms. The van der Waals surface area contributed by atoms with Gasteiger partial charge in [0.2, 0.25) is 0 Å². The summed E-state index contributed by atoms with van der Waals surface area (Å²) >= 11 is 5.82. The minimum absolute atomic E-state index is 0. The van der Waals surface area contributed by atoms with Crippen LogP contribution < -0.4 is 32.8 Å². The number of hydrogen-bond acceptors (Lipinski definition) is 6. The van der Waals surface area contributed by atoms with Crippen molar-refractivity contribution >= 4 is 40.3 Å². The third-order valence-electron chi connectivity index (χ3n) is 4.54. The molecule has 2 heterocycles. The standard InChI is InChI=1S/C19H21ClN6O4.ClH/c1-3-25-12-6-5-11(30-10-16(27)28)7-13(12)26(4-2)15(25)9-23-19(29)17-18(21)22-8-14(20)24-17;/h5-8H,3-4,9-10H2,1-2H3,(H3-,21,22,23,27,28,29);1H. The summed E-state index contributed by atoms with van der Waals surface area (Å²) in [5.41, 5.74) is 7.51. The van der Waals surface area contributed by atoms with E-state index in [1.165, 1.54) is 6.20 Å². The molecule has 0 radical (unpaired) electrons. The Hall–Kier alpha value is -3.11. The minimum atomic E-state index is -1.05. The molecule has 0 aliphatic carbocycles. The van der Waals surface area contributed by atoms with Gasteiger partial charge < -0.3 is 33.3 Å². The molecule has 0 bridgehead atoms. The molecule has 10 nitrogen and oxygen atoms in total. The summed E-state index contributed by atoms with van der Waals surface area (Å²) in [5, 5.41) is 11.7. The van der Waals surface area contributed by atoms with E-state index in [0.717, 1.165) is 16.9 Å². The Kier molecular flexibility index (Phi) is 8.01. The number of aryl methyl sites for hydroxylation is 2. The first-order valence-electron chi connectivity index (χ1n) is 9.31. The minimum Gasteiger partial charge on any atom is -1.00 e. The van der Waals surface area contributed by atoms with Crippen LogP contribution in [0.4, 0.5) is 5.82 Å². The lowest BCUT2D eigenvalue weighted by Crippen LogP contribution is -3.00. The van der Waals surface area contributed by atoms with Crippen LogP contribution in [0.1, 0.15) is 30.2 Å². The summed E-state index contributed by atoms with van der Waals surface area (Å²) in [7, 11) is 0. The summed E-state index contributed by atoms with van der Waals surface area (Å²) < 4.78 is 9.39. The van der Waals surface area contributed by atoms with E-state index >= 15 is 0 Å². The number of amides is 1. The van der Waals surface area contributed by atoms with Crippen LogP contribution >= 0.6 is 11.6 Å². The van der Waals surface area contributed by atoms with E-state index in [0.29, 0.717) is 18.8 Å². The maximum Gasteiger partial charge on any atom is 0.341 e. The van der Waals surface area contributed by atoms with Crippen molar-refractivity contribution in [1.29, 1.82) is 0 Å². The van der Waals surface area contributed by atoms with Gasteiger partial charge in [-0.3, -0.25) is 4.79 Å². The van der Waals surface area contributed by atoms with Crippen molar-refractivity contribution in [2.24, 2.45) is 0 Å². The fourth-order valence-electron chi connectivity index (χ4n) is 3.29. The van der Waals surface area contributed by atoms with Crippen molar-refractivity contribution in [3.63, 3.8) is 0 Å². The van der Waals surface area contributed by atoms with Gasteiger partial charge in [0.25, 0.3) is 11.7 Å². The smallest absolute Gasteiger partial charge is 0.341 e. The monoisotopic (exact) mass is 468 g/mol. The number of imidazole rings is 1. The number of carbonyl (C=O) groups excluding carboxylic acids is 1. The van der Waals surface area contributed by atoms with Gasteiger partial charge in [0.05, 0.1) is 19.3 Å². The lowest BCUT2D eigenvalue weighted by Gasteiger charge is -2.07. The van der Waals surface area contributed by atoms with Gasteiger partial charge in [0, 0.05) is 6.07 Å². The van der Waals surface area contributed by atoms with Gasteiger partial charge in [-0.15, -0.1) is 0 Å². The fourth-order valence-corrected chi connectivity index (χ4v) is 3.42. The molecule has 0 fully saturated rings. The second kappa shape index (κ2) is 10.3. The number of aliphatic carboxylic acids is 1. The highest BCUT2D eigenvalue weighted by Gasteiger charge is 2.25. The molecule has 1 amide bonds. The number of nitrogen functional groups attached to an aromatic ring is 1. The zero-order valence-corrected chi connectivity index (χ0v) is 18.4.